The first-order valence-corrected chi connectivity index (χ1v) is 8.26. The number of fused-ring (bicyclic) bond motifs is 3. The third kappa shape index (κ3) is 2.31. The van der Waals surface area contributed by atoms with E-state index in [1.165, 1.54) is 17.0 Å². The maximum Gasteiger partial charge on any atom is 0.436 e. The standard InChI is InChI=1S/C17H12F3N3OS/c1-10-6-8-11(9-7-10)16(17(18,19)20)21-14(24)23-12-4-2-3-5-13(12)25-15(23)22-16/h2-9H,1H3,(H,21,24). The second kappa shape index (κ2) is 5.26. The highest BCUT2D eigenvalue weighted by molar-refractivity contribution is 8.15. The summed E-state index contributed by atoms with van der Waals surface area (Å²) in [5.41, 5.74) is -1.57. The summed E-state index contributed by atoms with van der Waals surface area (Å²) in [7, 11) is 0. The zero-order chi connectivity index (χ0) is 17.8. The van der Waals surface area contributed by atoms with E-state index in [1.54, 1.807) is 43.3 Å². The molecule has 2 aliphatic heterocycles. The molecule has 0 spiro atoms. The normalized spacial score (nSPS) is 22.2. The van der Waals surface area contributed by atoms with Crippen LogP contribution in [0.3, 0.4) is 0 Å². The number of anilines is 1. The third-order valence-electron chi connectivity index (χ3n) is 4.13. The van der Waals surface area contributed by atoms with Gasteiger partial charge in [-0.05, 0) is 30.8 Å². The van der Waals surface area contributed by atoms with Crippen LogP contribution in [0.5, 0.6) is 0 Å². The zero-order valence-corrected chi connectivity index (χ0v) is 13.8. The lowest BCUT2D eigenvalue weighted by Gasteiger charge is -2.38. The van der Waals surface area contributed by atoms with Gasteiger partial charge in [0.05, 0.1) is 5.69 Å². The fraction of sp³-hybridized carbons (Fsp3) is 0.176. The Balaban J connectivity index is 1.90. The van der Waals surface area contributed by atoms with Gasteiger partial charge < -0.3 is 5.32 Å². The van der Waals surface area contributed by atoms with Crippen molar-refractivity contribution in [2.24, 2.45) is 4.99 Å². The van der Waals surface area contributed by atoms with Crippen LogP contribution in [-0.2, 0) is 5.66 Å². The van der Waals surface area contributed by atoms with E-state index in [1.807, 2.05) is 0 Å². The summed E-state index contributed by atoms with van der Waals surface area (Å²) in [4.78, 5) is 18.4. The van der Waals surface area contributed by atoms with Gasteiger partial charge >= 0.3 is 12.2 Å². The number of aryl methyl sites for hydroxylation is 1. The Kier molecular flexibility index (Phi) is 3.37. The van der Waals surface area contributed by atoms with E-state index in [4.69, 9.17) is 0 Å². The number of rotatable bonds is 1. The summed E-state index contributed by atoms with van der Waals surface area (Å²) in [5.74, 6) is 0. The quantitative estimate of drug-likeness (QED) is 0.816. The van der Waals surface area contributed by atoms with Crippen molar-refractivity contribution in [2.45, 2.75) is 23.7 Å². The summed E-state index contributed by atoms with van der Waals surface area (Å²) >= 11 is 1.06. The molecule has 0 saturated heterocycles. The third-order valence-corrected chi connectivity index (χ3v) is 5.15. The van der Waals surface area contributed by atoms with Gasteiger partial charge in [0.15, 0.2) is 5.17 Å². The summed E-state index contributed by atoms with van der Waals surface area (Å²) < 4.78 is 42.0. The van der Waals surface area contributed by atoms with Crippen LogP contribution < -0.4 is 10.2 Å². The summed E-state index contributed by atoms with van der Waals surface area (Å²) in [6.45, 7) is 1.78. The Hall–Kier alpha value is -2.48. The van der Waals surface area contributed by atoms with Crippen molar-refractivity contribution in [3.8, 4) is 0 Å². The number of urea groups is 1. The molecule has 0 fully saturated rings. The van der Waals surface area contributed by atoms with E-state index < -0.39 is 17.9 Å². The Morgan fingerprint density at radius 3 is 2.48 bits per heavy atom. The molecule has 0 radical (unpaired) electrons. The molecule has 1 N–H and O–H groups in total. The number of amidine groups is 1. The molecule has 0 bridgehead atoms. The molecule has 2 aliphatic rings. The van der Waals surface area contributed by atoms with E-state index in [0.29, 0.717) is 10.6 Å². The molecule has 2 amide bonds. The van der Waals surface area contributed by atoms with Gasteiger partial charge in [-0.2, -0.15) is 13.2 Å². The van der Waals surface area contributed by atoms with Gasteiger partial charge in [0, 0.05) is 10.5 Å². The number of amides is 2. The fourth-order valence-corrected chi connectivity index (χ4v) is 3.92. The van der Waals surface area contributed by atoms with E-state index >= 15 is 0 Å². The number of carbonyl (C=O) groups excluding carboxylic acids is 1. The van der Waals surface area contributed by atoms with E-state index in [9.17, 15) is 18.0 Å². The molecule has 1 atom stereocenters. The largest absolute Gasteiger partial charge is 0.436 e. The van der Waals surface area contributed by atoms with Gasteiger partial charge in [0.1, 0.15) is 0 Å². The summed E-state index contributed by atoms with van der Waals surface area (Å²) in [5, 5.41) is 2.10. The van der Waals surface area contributed by atoms with Gasteiger partial charge in [-0.3, -0.25) is 0 Å². The van der Waals surface area contributed by atoms with Crippen molar-refractivity contribution in [1.82, 2.24) is 5.32 Å². The number of halogens is 3. The average Bonchev–Trinajstić information content (AvgIpc) is 2.92. The number of carbonyl (C=O) groups is 1. The second-order valence-corrected chi connectivity index (χ2v) is 6.81. The van der Waals surface area contributed by atoms with Crippen LogP contribution in [0.1, 0.15) is 11.1 Å². The number of thioether (sulfide) groups is 1. The highest BCUT2D eigenvalue weighted by atomic mass is 32.2. The number of aliphatic imine (C=N–C) groups is 1. The zero-order valence-electron chi connectivity index (χ0n) is 13.0. The van der Waals surface area contributed by atoms with Crippen LogP contribution in [0.15, 0.2) is 58.4 Å². The van der Waals surface area contributed by atoms with Crippen molar-refractivity contribution >= 4 is 28.6 Å². The molecular weight excluding hydrogens is 351 g/mol. The lowest BCUT2D eigenvalue weighted by Crippen LogP contribution is -2.62. The van der Waals surface area contributed by atoms with Crippen molar-refractivity contribution in [3.63, 3.8) is 0 Å². The van der Waals surface area contributed by atoms with Crippen molar-refractivity contribution in [1.29, 1.82) is 0 Å². The predicted octanol–water partition coefficient (Wildman–Crippen LogP) is 4.40. The van der Waals surface area contributed by atoms with E-state index in [0.717, 1.165) is 17.3 Å². The number of alkyl halides is 3. The summed E-state index contributed by atoms with van der Waals surface area (Å²) in [6.07, 6.45) is -4.79. The molecule has 2 aromatic carbocycles. The van der Waals surface area contributed by atoms with E-state index in [-0.39, 0.29) is 10.7 Å². The van der Waals surface area contributed by atoms with Crippen LogP contribution in [0.25, 0.3) is 0 Å². The number of hydrogen-bond acceptors (Lipinski definition) is 3. The van der Waals surface area contributed by atoms with Crippen LogP contribution in [-0.4, -0.2) is 17.4 Å². The number of nitrogens with zero attached hydrogens (tertiary/aromatic N) is 2. The molecular formula is C17H12F3N3OS. The first-order chi connectivity index (χ1) is 11.8. The van der Waals surface area contributed by atoms with Gasteiger partial charge in [-0.25, -0.2) is 14.7 Å². The van der Waals surface area contributed by atoms with Crippen LogP contribution in [0, 0.1) is 6.92 Å². The Morgan fingerprint density at radius 2 is 1.80 bits per heavy atom. The smallest absolute Gasteiger partial charge is 0.301 e. The topological polar surface area (TPSA) is 44.7 Å². The minimum atomic E-state index is -4.79. The number of nitrogens with one attached hydrogen (secondary N) is 1. The SMILES string of the molecule is Cc1ccc(C2(C(F)(F)F)N=C3Sc4ccccc4N3C(=O)N2)cc1. The number of benzene rings is 2. The molecule has 8 heteroatoms. The summed E-state index contributed by atoms with van der Waals surface area (Å²) in [6, 6.07) is 11.9. The molecule has 2 heterocycles. The van der Waals surface area contributed by atoms with Gasteiger partial charge in [0.2, 0.25) is 0 Å². The first-order valence-electron chi connectivity index (χ1n) is 7.45. The second-order valence-electron chi connectivity index (χ2n) is 5.80. The maximum atomic E-state index is 14.0. The molecule has 25 heavy (non-hydrogen) atoms. The maximum absolute atomic E-state index is 14.0. The first kappa shape index (κ1) is 16.0. The highest BCUT2D eigenvalue weighted by Crippen LogP contribution is 2.48. The molecule has 2 aromatic rings. The van der Waals surface area contributed by atoms with Crippen LogP contribution in [0.4, 0.5) is 23.7 Å². The Bertz CT molecular complexity index is 895. The van der Waals surface area contributed by atoms with Gasteiger partial charge in [-0.15, -0.1) is 0 Å². The molecule has 4 rings (SSSR count). The molecule has 128 valence electrons. The van der Waals surface area contributed by atoms with Crippen molar-refractivity contribution in [3.05, 3.63) is 59.7 Å². The molecule has 4 nitrogen and oxygen atoms in total. The molecule has 0 aromatic heterocycles. The minimum absolute atomic E-state index is 0.0165. The lowest BCUT2D eigenvalue weighted by molar-refractivity contribution is -0.195. The monoisotopic (exact) mass is 363 g/mol. The Labute approximate surface area is 145 Å². The van der Waals surface area contributed by atoms with Gasteiger partial charge in [-0.1, -0.05) is 42.0 Å². The lowest BCUT2D eigenvalue weighted by atomic mass is 9.97. The van der Waals surface area contributed by atoms with E-state index in [2.05, 4.69) is 10.3 Å². The van der Waals surface area contributed by atoms with Crippen molar-refractivity contribution in [2.75, 3.05) is 4.90 Å². The molecule has 0 saturated carbocycles. The molecule has 0 aliphatic carbocycles. The fourth-order valence-electron chi connectivity index (χ4n) is 2.86. The predicted molar refractivity (Wildman–Crippen MR) is 89.7 cm³/mol. The van der Waals surface area contributed by atoms with Crippen LogP contribution in [0.2, 0.25) is 0 Å². The van der Waals surface area contributed by atoms with Gasteiger partial charge in [0.25, 0.3) is 5.66 Å². The van der Waals surface area contributed by atoms with Crippen LogP contribution >= 0.6 is 11.8 Å². The Morgan fingerprint density at radius 1 is 1.12 bits per heavy atom. The average molecular weight is 363 g/mol. The highest BCUT2D eigenvalue weighted by Gasteiger charge is 2.61. The van der Waals surface area contributed by atoms with Crippen molar-refractivity contribution < 1.29 is 18.0 Å². The number of para-hydroxylation sites is 1. The minimum Gasteiger partial charge on any atom is -0.301 e. The number of hydrogen-bond donors (Lipinski definition) is 1. The molecule has 1 unspecified atom stereocenters.